The number of hydrogen-bond acceptors (Lipinski definition) is 3. The molecule has 1 aliphatic carbocycles. The minimum Gasteiger partial charge on any atom is -0.508 e. The lowest BCUT2D eigenvalue weighted by atomic mass is 10.2. The third-order valence-electron chi connectivity index (χ3n) is 3.08. The van der Waals surface area contributed by atoms with Crippen LogP contribution in [0.25, 0.3) is 0 Å². The van der Waals surface area contributed by atoms with Crippen molar-refractivity contribution < 1.29 is 9.84 Å². The van der Waals surface area contributed by atoms with Crippen LogP contribution in [0.3, 0.4) is 0 Å². The summed E-state index contributed by atoms with van der Waals surface area (Å²) in [4.78, 5) is 0. The summed E-state index contributed by atoms with van der Waals surface area (Å²) in [7, 11) is 0. The molecule has 100 valence electrons. The molecule has 3 heteroatoms. The van der Waals surface area contributed by atoms with E-state index >= 15 is 0 Å². The van der Waals surface area contributed by atoms with Gasteiger partial charge in [0.25, 0.3) is 0 Å². The largest absolute Gasteiger partial charge is 0.508 e. The molecule has 0 heterocycles. The number of nitrogens with one attached hydrogen (secondary N) is 1. The van der Waals surface area contributed by atoms with Gasteiger partial charge in [0.05, 0.1) is 11.7 Å². The second-order valence-electron chi connectivity index (χ2n) is 6.02. The fraction of sp³-hybridized carbons (Fsp3) is 0.600. The van der Waals surface area contributed by atoms with E-state index in [1.165, 1.54) is 0 Å². The zero-order chi connectivity index (χ0) is 13.2. The second kappa shape index (κ2) is 5.29. The van der Waals surface area contributed by atoms with Crippen LogP contribution in [-0.4, -0.2) is 23.4 Å². The molecule has 0 amide bonds. The van der Waals surface area contributed by atoms with E-state index in [-0.39, 0.29) is 5.60 Å². The van der Waals surface area contributed by atoms with Crippen molar-refractivity contribution in [3.8, 4) is 5.75 Å². The zero-order valence-corrected chi connectivity index (χ0v) is 11.4. The predicted octanol–water partition coefficient (Wildman–Crippen LogP) is 2.69. The smallest absolute Gasteiger partial charge is 0.120 e. The number of benzene rings is 1. The lowest BCUT2D eigenvalue weighted by Gasteiger charge is -2.19. The van der Waals surface area contributed by atoms with E-state index in [0.29, 0.717) is 24.3 Å². The molecule has 0 saturated heterocycles. The Morgan fingerprint density at radius 3 is 2.72 bits per heavy atom. The standard InChI is InChI=1S/C15H23NO2/c1-15(2,3)18-14-8-12(14)10-16-9-11-6-4-5-7-13(11)17/h4-7,12,14,16-17H,8-10H2,1-3H3/t12-,14-/m1/s1. The normalized spacial score (nSPS) is 23.1. The molecule has 0 bridgehead atoms. The number of phenols is 1. The Morgan fingerprint density at radius 2 is 2.06 bits per heavy atom. The Morgan fingerprint density at radius 1 is 1.33 bits per heavy atom. The number of rotatable bonds is 5. The minimum absolute atomic E-state index is 0.0445. The molecule has 3 nitrogen and oxygen atoms in total. The van der Waals surface area contributed by atoms with E-state index in [2.05, 4.69) is 26.1 Å². The Bertz CT molecular complexity index is 398. The predicted molar refractivity (Wildman–Crippen MR) is 72.5 cm³/mol. The monoisotopic (exact) mass is 249 g/mol. The molecule has 1 aliphatic rings. The summed E-state index contributed by atoms with van der Waals surface area (Å²) in [6.45, 7) is 7.95. The molecule has 2 rings (SSSR count). The highest BCUT2D eigenvalue weighted by Gasteiger charge is 2.40. The van der Waals surface area contributed by atoms with Gasteiger partial charge < -0.3 is 15.2 Å². The summed E-state index contributed by atoms with van der Waals surface area (Å²) >= 11 is 0. The average molecular weight is 249 g/mol. The summed E-state index contributed by atoms with van der Waals surface area (Å²) in [6.07, 6.45) is 1.55. The summed E-state index contributed by atoms with van der Waals surface area (Å²) in [6, 6.07) is 7.45. The third-order valence-corrected chi connectivity index (χ3v) is 3.08. The van der Waals surface area contributed by atoms with Crippen LogP contribution in [0.2, 0.25) is 0 Å². The van der Waals surface area contributed by atoms with E-state index < -0.39 is 0 Å². The van der Waals surface area contributed by atoms with E-state index in [1.54, 1.807) is 6.07 Å². The Hall–Kier alpha value is -1.06. The van der Waals surface area contributed by atoms with E-state index in [4.69, 9.17) is 4.74 Å². The van der Waals surface area contributed by atoms with Gasteiger partial charge >= 0.3 is 0 Å². The van der Waals surface area contributed by atoms with Crippen LogP contribution in [0.15, 0.2) is 24.3 Å². The number of para-hydroxylation sites is 1. The van der Waals surface area contributed by atoms with Gasteiger partial charge in [-0.05, 0) is 33.3 Å². The Labute approximate surface area is 109 Å². The van der Waals surface area contributed by atoms with Crippen molar-refractivity contribution in [2.24, 2.45) is 5.92 Å². The quantitative estimate of drug-likeness (QED) is 0.843. The molecule has 0 radical (unpaired) electrons. The van der Waals surface area contributed by atoms with Crippen LogP contribution in [0, 0.1) is 5.92 Å². The Balaban J connectivity index is 1.68. The molecule has 1 fully saturated rings. The molecule has 0 aliphatic heterocycles. The maximum Gasteiger partial charge on any atom is 0.120 e. The maximum atomic E-state index is 9.63. The first-order valence-electron chi connectivity index (χ1n) is 6.61. The van der Waals surface area contributed by atoms with Gasteiger partial charge in [-0.2, -0.15) is 0 Å². The molecule has 18 heavy (non-hydrogen) atoms. The SMILES string of the molecule is CC(C)(C)O[C@@H]1C[C@@H]1CNCc1ccccc1O. The average Bonchev–Trinajstić information content (AvgIpc) is 2.97. The fourth-order valence-corrected chi connectivity index (χ4v) is 2.09. The highest BCUT2D eigenvalue weighted by molar-refractivity contribution is 5.31. The van der Waals surface area contributed by atoms with Crippen LogP contribution in [0.4, 0.5) is 0 Å². The third kappa shape index (κ3) is 4.00. The van der Waals surface area contributed by atoms with Crippen molar-refractivity contribution in [1.29, 1.82) is 0 Å². The molecule has 2 N–H and O–H groups in total. The van der Waals surface area contributed by atoms with Crippen molar-refractivity contribution in [2.45, 2.75) is 45.4 Å². The highest BCUT2D eigenvalue weighted by Crippen LogP contribution is 2.36. The molecular formula is C15H23NO2. The Kier molecular flexibility index (Phi) is 3.93. The van der Waals surface area contributed by atoms with Crippen LogP contribution < -0.4 is 5.32 Å². The van der Waals surface area contributed by atoms with Gasteiger partial charge in [0.2, 0.25) is 0 Å². The first-order chi connectivity index (χ1) is 8.46. The van der Waals surface area contributed by atoms with Crippen molar-refractivity contribution >= 4 is 0 Å². The van der Waals surface area contributed by atoms with Gasteiger partial charge in [0, 0.05) is 24.6 Å². The molecular weight excluding hydrogens is 226 g/mol. The summed E-state index contributed by atoms with van der Waals surface area (Å²) in [5, 5.41) is 13.0. The summed E-state index contributed by atoms with van der Waals surface area (Å²) < 4.78 is 5.90. The van der Waals surface area contributed by atoms with Crippen LogP contribution in [0.1, 0.15) is 32.8 Å². The number of aromatic hydroxyl groups is 1. The zero-order valence-electron chi connectivity index (χ0n) is 11.4. The molecule has 1 aromatic rings. The molecule has 2 atom stereocenters. The van der Waals surface area contributed by atoms with E-state index in [1.807, 2.05) is 18.2 Å². The molecule has 0 unspecified atom stereocenters. The summed E-state index contributed by atoms with van der Waals surface area (Å²) in [5.41, 5.74) is 0.906. The first kappa shape index (κ1) is 13.4. The number of phenolic OH excluding ortho intramolecular Hbond substituents is 1. The van der Waals surface area contributed by atoms with E-state index in [9.17, 15) is 5.11 Å². The van der Waals surface area contributed by atoms with Crippen molar-refractivity contribution in [3.63, 3.8) is 0 Å². The van der Waals surface area contributed by atoms with Gasteiger partial charge in [-0.15, -0.1) is 0 Å². The number of hydrogen-bond donors (Lipinski definition) is 2. The lowest BCUT2D eigenvalue weighted by molar-refractivity contribution is -0.0216. The summed E-state index contributed by atoms with van der Waals surface area (Å²) in [5.74, 6) is 0.985. The van der Waals surface area contributed by atoms with Gasteiger partial charge in [0.1, 0.15) is 5.75 Å². The first-order valence-corrected chi connectivity index (χ1v) is 6.61. The minimum atomic E-state index is -0.0445. The van der Waals surface area contributed by atoms with Gasteiger partial charge in [-0.25, -0.2) is 0 Å². The van der Waals surface area contributed by atoms with Gasteiger partial charge in [-0.1, -0.05) is 18.2 Å². The van der Waals surface area contributed by atoms with Gasteiger partial charge in [-0.3, -0.25) is 0 Å². The molecule has 1 saturated carbocycles. The molecule has 0 aromatic heterocycles. The van der Waals surface area contributed by atoms with Crippen molar-refractivity contribution in [1.82, 2.24) is 5.32 Å². The van der Waals surface area contributed by atoms with Crippen molar-refractivity contribution in [2.75, 3.05) is 6.54 Å². The fourth-order valence-electron chi connectivity index (χ4n) is 2.09. The number of ether oxygens (including phenoxy) is 1. The lowest BCUT2D eigenvalue weighted by Crippen LogP contribution is -2.23. The van der Waals surface area contributed by atoms with Crippen LogP contribution in [0.5, 0.6) is 5.75 Å². The molecule has 0 spiro atoms. The van der Waals surface area contributed by atoms with Crippen LogP contribution in [-0.2, 0) is 11.3 Å². The van der Waals surface area contributed by atoms with Crippen molar-refractivity contribution in [3.05, 3.63) is 29.8 Å². The topological polar surface area (TPSA) is 41.5 Å². The second-order valence-corrected chi connectivity index (χ2v) is 6.02. The van der Waals surface area contributed by atoms with E-state index in [0.717, 1.165) is 18.5 Å². The van der Waals surface area contributed by atoms with Gasteiger partial charge in [0.15, 0.2) is 0 Å². The maximum absolute atomic E-state index is 9.63. The van der Waals surface area contributed by atoms with Crippen LogP contribution >= 0.6 is 0 Å². The molecule has 1 aromatic carbocycles. The highest BCUT2D eigenvalue weighted by atomic mass is 16.5.